The average Bonchev–Trinajstić information content (AvgIpc) is 3.19. The molecule has 1 aliphatic heterocycles. The number of ether oxygens (including phenoxy) is 1. The Hall–Kier alpha value is -2.40. The van der Waals surface area contributed by atoms with Crippen LogP contribution in [0.3, 0.4) is 0 Å². The number of fused-ring (bicyclic) bond motifs is 1. The Kier molecular flexibility index (Phi) is 8.08. The Morgan fingerprint density at radius 2 is 1.97 bits per heavy atom. The summed E-state index contributed by atoms with van der Waals surface area (Å²) in [6.45, 7) is 10.1. The van der Waals surface area contributed by atoms with Crippen LogP contribution < -0.4 is 10.1 Å². The summed E-state index contributed by atoms with van der Waals surface area (Å²) in [5.74, 6) is 0.638. The van der Waals surface area contributed by atoms with Crippen LogP contribution in [-0.2, 0) is 17.6 Å². The van der Waals surface area contributed by atoms with Gasteiger partial charge in [0.2, 0.25) is 11.8 Å². The lowest BCUT2D eigenvalue weighted by molar-refractivity contribution is -0.114. The topological polar surface area (TPSA) is 54.5 Å². The summed E-state index contributed by atoms with van der Waals surface area (Å²) in [7, 11) is 2.15. The predicted octanol–water partition coefficient (Wildman–Crippen LogP) is 5.89. The quantitative estimate of drug-likeness (QED) is 0.661. The van der Waals surface area contributed by atoms with Gasteiger partial charge in [-0.25, -0.2) is 4.98 Å². The van der Waals surface area contributed by atoms with Crippen molar-refractivity contribution in [2.75, 3.05) is 25.5 Å². The van der Waals surface area contributed by atoms with Crippen LogP contribution in [0.5, 0.6) is 5.88 Å². The number of nitrogens with zero attached hydrogens (tertiary/aromatic N) is 2. The van der Waals surface area contributed by atoms with Gasteiger partial charge in [-0.1, -0.05) is 26.3 Å². The van der Waals surface area contributed by atoms with Crippen LogP contribution in [0.1, 0.15) is 66.0 Å². The van der Waals surface area contributed by atoms with E-state index in [1.165, 1.54) is 23.1 Å². The molecular weight excluding hydrogens is 386 g/mol. The van der Waals surface area contributed by atoms with E-state index >= 15 is 0 Å². The largest absolute Gasteiger partial charge is 0.474 e. The van der Waals surface area contributed by atoms with Crippen molar-refractivity contribution in [3.05, 3.63) is 41.1 Å². The number of likely N-dealkylation sites (tertiary alicyclic amines) is 1. The molecule has 1 saturated heterocycles. The summed E-state index contributed by atoms with van der Waals surface area (Å²) in [5, 5.41) is 3.11. The van der Waals surface area contributed by atoms with E-state index in [9.17, 15) is 4.79 Å². The lowest BCUT2D eigenvalue weighted by Crippen LogP contribution is -2.35. The van der Waals surface area contributed by atoms with Crippen molar-refractivity contribution in [2.24, 2.45) is 0 Å². The van der Waals surface area contributed by atoms with Gasteiger partial charge in [0.05, 0.1) is 5.69 Å². The number of aromatic nitrogens is 1. The van der Waals surface area contributed by atoms with Gasteiger partial charge in [0.25, 0.3) is 0 Å². The number of carbonyl (C=O) groups excluding carboxylic acids is 1. The number of hydrogen-bond donors (Lipinski definition) is 1. The van der Waals surface area contributed by atoms with Gasteiger partial charge in [-0.3, -0.25) is 4.79 Å². The fourth-order valence-corrected chi connectivity index (χ4v) is 4.48. The monoisotopic (exact) mass is 427 g/mol. The molecule has 1 N–H and O–H groups in total. The van der Waals surface area contributed by atoms with Crippen LogP contribution in [0.4, 0.5) is 5.69 Å². The number of anilines is 1. The van der Waals surface area contributed by atoms with E-state index < -0.39 is 0 Å². The lowest BCUT2D eigenvalue weighted by Gasteiger charge is -2.29. The first kappa shape index (κ1) is 23.3. The zero-order valence-electron chi connectivity index (χ0n) is 19.8. The van der Waals surface area contributed by atoms with E-state index in [1.807, 2.05) is 18.3 Å². The summed E-state index contributed by atoms with van der Waals surface area (Å²) < 4.78 is 6.19. The molecule has 0 unspecified atom stereocenters. The van der Waals surface area contributed by atoms with Gasteiger partial charge in [0, 0.05) is 40.7 Å². The van der Waals surface area contributed by atoms with E-state index in [0.29, 0.717) is 5.88 Å². The molecule has 0 atom stereocenters. The Labute approximate surface area is 190 Å². The van der Waals surface area contributed by atoms with E-state index in [-0.39, 0.29) is 14.9 Å². The predicted molar refractivity (Wildman–Crippen MR) is 132 cm³/mol. The van der Waals surface area contributed by atoms with Crippen molar-refractivity contribution in [1.82, 2.24) is 9.88 Å². The van der Waals surface area contributed by atoms with Crippen molar-refractivity contribution < 1.29 is 12.4 Å². The molecule has 0 bridgehead atoms. The molecule has 31 heavy (non-hydrogen) atoms. The Balaban J connectivity index is 0.00000103. The first-order valence-corrected chi connectivity index (χ1v) is 11.7. The highest BCUT2D eigenvalue weighted by Crippen LogP contribution is 2.40. The smallest absolute Gasteiger partial charge is 0.221 e. The first-order valence-electron chi connectivity index (χ1n) is 11.7. The standard InChI is InChI=1S/C23H29N3O2.C3H8.2H2/c1-15-13-17-5-4-6-20(17)23(25-16(2)27)22(15)18-7-10-24-21(14-18)28-19-8-11-26(3)12-9-19;1-3-2;;/h7,10,13-14,19H,4-6,8-9,11-12H2,1-3H3,(H,25,27);3H2,1-2H3;2*1H. The van der Waals surface area contributed by atoms with Crippen molar-refractivity contribution in [1.29, 1.82) is 0 Å². The number of piperidine rings is 1. The maximum Gasteiger partial charge on any atom is 0.221 e. The number of hydrogen-bond acceptors (Lipinski definition) is 4. The van der Waals surface area contributed by atoms with Crippen LogP contribution in [0.2, 0.25) is 0 Å². The van der Waals surface area contributed by atoms with Gasteiger partial charge in [-0.05, 0) is 74.4 Å². The summed E-state index contributed by atoms with van der Waals surface area (Å²) in [4.78, 5) is 18.7. The second kappa shape index (κ2) is 10.8. The van der Waals surface area contributed by atoms with Gasteiger partial charge in [0.1, 0.15) is 6.10 Å². The van der Waals surface area contributed by atoms with E-state index in [4.69, 9.17) is 4.74 Å². The Morgan fingerprint density at radius 3 is 2.65 bits per heavy atom. The highest BCUT2D eigenvalue weighted by molar-refractivity contribution is 5.97. The molecule has 1 aromatic carbocycles. The number of amides is 1. The second-order valence-corrected chi connectivity index (χ2v) is 8.83. The maximum absolute atomic E-state index is 11.9. The third-order valence-corrected chi connectivity index (χ3v) is 5.87. The van der Waals surface area contributed by atoms with E-state index in [1.54, 1.807) is 6.92 Å². The average molecular weight is 428 g/mol. The minimum atomic E-state index is -0.0298. The summed E-state index contributed by atoms with van der Waals surface area (Å²) in [5.41, 5.74) is 6.94. The lowest BCUT2D eigenvalue weighted by atomic mass is 9.93. The fourth-order valence-electron chi connectivity index (χ4n) is 4.48. The van der Waals surface area contributed by atoms with Crippen LogP contribution in [0.15, 0.2) is 24.4 Å². The van der Waals surface area contributed by atoms with Gasteiger partial charge in [0.15, 0.2) is 0 Å². The maximum atomic E-state index is 11.9. The normalized spacial score (nSPS) is 16.3. The number of nitrogens with one attached hydrogen (secondary N) is 1. The Bertz CT molecular complexity index is 913. The third kappa shape index (κ3) is 5.85. The molecule has 1 aromatic heterocycles. The van der Waals surface area contributed by atoms with Crippen molar-refractivity contribution in [3.8, 4) is 17.0 Å². The minimum Gasteiger partial charge on any atom is -0.474 e. The number of pyridine rings is 1. The van der Waals surface area contributed by atoms with E-state index in [2.05, 4.69) is 49.1 Å². The molecule has 172 valence electrons. The van der Waals surface area contributed by atoms with E-state index in [0.717, 1.165) is 62.0 Å². The fraction of sp³-hybridized carbons (Fsp3) is 0.538. The number of rotatable bonds is 4. The van der Waals surface area contributed by atoms with Crippen molar-refractivity contribution >= 4 is 11.6 Å². The molecule has 0 spiro atoms. The molecule has 2 heterocycles. The molecule has 0 radical (unpaired) electrons. The molecule has 2 aromatic rings. The van der Waals surface area contributed by atoms with Crippen LogP contribution in [-0.4, -0.2) is 42.0 Å². The number of carbonyl (C=O) groups is 1. The summed E-state index contributed by atoms with van der Waals surface area (Å²) >= 11 is 0. The highest BCUT2D eigenvalue weighted by atomic mass is 16.5. The zero-order valence-corrected chi connectivity index (χ0v) is 19.8. The molecule has 0 saturated carbocycles. The minimum absolute atomic E-state index is 0. The second-order valence-electron chi connectivity index (χ2n) is 8.83. The molecule has 1 aliphatic carbocycles. The summed E-state index contributed by atoms with van der Waals surface area (Å²) in [6, 6.07) is 6.31. The zero-order chi connectivity index (χ0) is 22.4. The van der Waals surface area contributed by atoms with Crippen LogP contribution >= 0.6 is 0 Å². The van der Waals surface area contributed by atoms with Gasteiger partial charge in [-0.2, -0.15) is 0 Å². The van der Waals surface area contributed by atoms with Crippen molar-refractivity contribution in [2.45, 2.75) is 72.3 Å². The molecule has 2 aliphatic rings. The SMILES string of the molecule is CC(=O)Nc1c2c(cc(C)c1-c1ccnc(OC3CCN(C)CC3)c1)CCC2.CCC.[HH].[HH]. The van der Waals surface area contributed by atoms with Crippen molar-refractivity contribution in [3.63, 3.8) is 0 Å². The molecule has 5 heteroatoms. The van der Waals surface area contributed by atoms with Crippen LogP contribution in [0.25, 0.3) is 11.1 Å². The van der Waals surface area contributed by atoms with Gasteiger partial charge in [-0.15, -0.1) is 0 Å². The number of aryl methyl sites for hydroxylation is 2. The first-order chi connectivity index (χ1) is 14.9. The molecule has 5 nitrogen and oxygen atoms in total. The summed E-state index contributed by atoms with van der Waals surface area (Å²) in [6.07, 6.45) is 8.58. The molecular formula is C26H41N3O2. The molecule has 1 fully saturated rings. The van der Waals surface area contributed by atoms with Crippen LogP contribution in [0, 0.1) is 6.92 Å². The number of benzene rings is 1. The third-order valence-electron chi connectivity index (χ3n) is 5.87. The highest BCUT2D eigenvalue weighted by Gasteiger charge is 2.23. The van der Waals surface area contributed by atoms with Gasteiger partial charge >= 0.3 is 0 Å². The molecule has 4 rings (SSSR count). The molecule has 1 amide bonds. The Morgan fingerprint density at radius 1 is 1.26 bits per heavy atom. The van der Waals surface area contributed by atoms with Gasteiger partial charge < -0.3 is 15.0 Å².